The van der Waals surface area contributed by atoms with E-state index in [2.05, 4.69) is 16.0 Å². The van der Waals surface area contributed by atoms with Gasteiger partial charge in [0.25, 0.3) is 0 Å². The number of rotatable bonds is 3. The zero-order valence-electron chi connectivity index (χ0n) is 6.22. The number of nitrogens with zero attached hydrogens (tertiary/aromatic N) is 2. The summed E-state index contributed by atoms with van der Waals surface area (Å²) in [4.78, 5) is 0. The Morgan fingerprint density at radius 3 is 2.92 bits per heavy atom. The van der Waals surface area contributed by atoms with E-state index in [-0.39, 0.29) is 10.9 Å². The van der Waals surface area contributed by atoms with Gasteiger partial charge in [0.15, 0.2) is 0 Å². The molecule has 1 aromatic rings. The number of aromatic nitrogens is 2. The molecule has 3 nitrogen and oxygen atoms in total. The van der Waals surface area contributed by atoms with Crippen LogP contribution in [0.4, 0.5) is 8.78 Å². The first-order valence-corrected chi connectivity index (χ1v) is 3.61. The smallest absolute Gasteiger partial charge is 0.388 e. The van der Waals surface area contributed by atoms with Crippen LogP contribution in [0.5, 0.6) is 5.88 Å². The van der Waals surface area contributed by atoms with Gasteiger partial charge in [0, 0.05) is 6.54 Å². The zero-order valence-corrected chi connectivity index (χ0v) is 6.98. The van der Waals surface area contributed by atoms with E-state index in [0.717, 1.165) is 0 Å². The molecule has 1 aromatic heterocycles. The number of hydrogen-bond acceptors (Lipinski definition) is 2. The molecule has 0 fully saturated rings. The highest BCUT2D eigenvalue weighted by molar-refractivity contribution is 6.31. The van der Waals surface area contributed by atoms with E-state index in [9.17, 15) is 8.78 Å². The lowest BCUT2D eigenvalue weighted by Crippen LogP contribution is -2.08. The molecule has 1 rings (SSSR count). The Labute approximate surface area is 72.9 Å². The first kappa shape index (κ1) is 9.25. The summed E-state index contributed by atoms with van der Waals surface area (Å²) in [5, 5.41) is 3.56. The molecule has 0 N–H and O–H groups in total. The standard InChI is InChI=1S/C6H6ClF2N2O/c1-2-11-5(12-6(8)9)4(7)3-10-11/h6H,2H2,1H3. The molecule has 0 unspecified atom stereocenters. The lowest BCUT2D eigenvalue weighted by Gasteiger charge is -2.05. The number of aryl methyl sites for hydroxylation is 1. The molecule has 0 aromatic carbocycles. The van der Waals surface area contributed by atoms with Crippen molar-refractivity contribution >= 4 is 11.6 Å². The second kappa shape index (κ2) is 3.71. The first-order valence-electron chi connectivity index (χ1n) is 3.24. The minimum absolute atomic E-state index is 0.0304. The van der Waals surface area contributed by atoms with Gasteiger partial charge >= 0.3 is 6.61 Å². The Hall–Kier alpha value is -0.840. The number of alkyl halides is 2. The van der Waals surface area contributed by atoms with Gasteiger partial charge in [-0.05, 0) is 6.92 Å². The van der Waals surface area contributed by atoms with Gasteiger partial charge in [-0.25, -0.2) is 4.68 Å². The van der Waals surface area contributed by atoms with Crippen LogP contribution < -0.4 is 4.74 Å². The fourth-order valence-corrected chi connectivity index (χ4v) is 0.902. The maximum Gasteiger partial charge on any atom is 0.388 e. The third-order valence-electron chi connectivity index (χ3n) is 1.19. The molecule has 0 aliphatic carbocycles. The first-order chi connectivity index (χ1) is 5.65. The summed E-state index contributed by atoms with van der Waals surface area (Å²) in [6, 6.07) is 0. The van der Waals surface area contributed by atoms with Crippen LogP contribution in [0.25, 0.3) is 0 Å². The average Bonchev–Trinajstić information content (AvgIpc) is 2.32. The number of ether oxygens (including phenoxy) is 1. The molecule has 12 heavy (non-hydrogen) atoms. The normalized spacial score (nSPS) is 10.8. The Kier molecular flexibility index (Phi) is 2.86. The molecule has 0 spiro atoms. The summed E-state index contributed by atoms with van der Waals surface area (Å²) in [5.74, 6) is -0.144. The van der Waals surface area contributed by atoms with Crippen molar-refractivity contribution in [3.8, 4) is 5.88 Å². The van der Waals surface area contributed by atoms with Crippen molar-refractivity contribution in [3.63, 3.8) is 0 Å². The van der Waals surface area contributed by atoms with Crippen molar-refractivity contribution in [2.75, 3.05) is 0 Å². The van der Waals surface area contributed by atoms with E-state index >= 15 is 0 Å². The summed E-state index contributed by atoms with van der Waals surface area (Å²) in [6.45, 7) is -0.751. The molecule has 1 heterocycles. The molecule has 0 bridgehead atoms. The van der Waals surface area contributed by atoms with E-state index in [1.54, 1.807) is 6.92 Å². The minimum Gasteiger partial charge on any atom is -0.416 e. The summed E-state index contributed by atoms with van der Waals surface area (Å²) in [7, 11) is 0. The molecular weight excluding hydrogens is 190 g/mol. The molecule has 6 heteroatoms. The molecule has 1 radical (unpaired) electrons. The van der Waals surface area contributed by atoms with Crippen LogP contribution in [0, 0.1) is 6.20 Å². The molecule has 0 saturated heterocycles. The number of halogens is 3. The summed E-state index contributed by atoms with van der Waals surface area (Å²) in [5.41, 5.74) is 0. The number of hydrogen-bond donors (Lipinski definition) is 0. The van der Waals surface area contributed by atoms with E-state index in [0.29, 0.717) is 6.54 Å². The Morgan fingerprint density at radius 1 is 1.75 bits per heavy atom. The van der Waals surface area contributed by atoms with Crippen LogP contribution in [0.15, 0.2) is 0 Å². The summed E-state index contributed by atoms with van der Waals surface area (Å²) >= 11 is 5.47. The highest BCUT2D eigenvalue weighted by Gasteiger charge is 2.14. The second-order valence-corrected chi connectivity index (χ2v) is 2.30. The third-order valence-corrected chi connectivity index (χ3v) is 1.44. The molecule has 0 aliphatic heterocycles. The molecule has 0 amide bonds. The maximum absolute atomic E-state index is 11.8. The topological polar surface area (TPSA) is 27.1 Å². The van der Waals surface area contributed by atoms with Crippen molar-refractivity contribution in [2.24, 2.45) is 0 Å². The minimum atomic E-state index is -2.89. The molecule has 0 atom stereocenters. The fraction of sp³-hybridized carbons (Fsp3) is 0.500. The Bertz CT molecular complexity index is 264. The van der Waals surface area contributed by atoms with Crippen LogP contribution in [0.1, 0.15) is 6.92 Å². The van der Waals surface area contributed by atoms with Gasteiger partial charge in [-0.2, -0.15) is 13.9 Å². The van der Waals surface area contributed by atoms with Crippen LogP contribution >= 0.6 is 11.6 Å². The van der Waals surface area contributed by atoms with E-state index < -0.39 is 6.61 Å². The Morgan fingerprint density at radius 2 is 2.42 bits per heavy atom. The van der Waals surface area contributed by atoms with Crippen molar-refractivity contribution in [3.05, 3.63) is 11.2 Å². The van der Waals surface area contributed by atoms with Crippen molar-refractivity contribution in [1.29, 1.82) is 0 Å². The maximum atomic E-state index is 11.8. The van der Waals surface area contributed by atoms with Crippen LogP contribution in [-0.4, -0.2) is 16.4 Å². The van der Waals surface area contributed by atoms with Gasteiger partial charge in [-0.3, -0.25) is 0 Å². The predicted molar refractivity (Wildman–Crippen MR) is 38.4 cm³/mol. The SMILES string of the molecule is CCn1n[c]c(Cl)c1OC(F)F. The molecule has 0 saturated carbocycles. The van der Waals surface area contributed by atoms with Gasteiger partial charge in [-0.1, -0.05) is 11.6 Å². The van der Waals surface area contributed by atoms with Crippen molar-refractivity contribution < 1.29 is 13.5 Å². The lowest BCUT2D eigenvalue weighted by molar-refractivity contribution is -0.0556. The lowest BCUT2D eigenvalue weighted by atomic mass is 10.6. The quantitative estimate of drug-likeness (QED) is 0.737. The van der Waals surface area contributed by atoms with Crippen LogP contribution in [-0.2, 0) is 6.54 Å². The molecule has 67 valence electrons. The van der Waals surface area contributed by atoms with E-state index in [1.165, 1.54) is 4.68 Å². The second-order valence-electron chi connectivity index (χ2n) is 1.93. The Balaban J connectivity index is 2.86. The predicted octanol–water partition coefficient (Wildman–Crippen LogP) is 1.96. The van der Waals surface area contributed by atoms with Gasteiger partial charge in [0.1, 0.15) is 11.2 Å². The van der Waals surface area contributed by atoms with Gasteiger partial charge in [0.05, 0.1) is 0 Å². The highest BCUT2D eigenvalue weighted by atomic mass is 35.5. The fourth-order valence-electron chi connectivity index (χ4n) is 0.722. The molecular formula is C6H6ClF2N2O. The van der Waals surface area contributed by atoms with Gasteiger partial charge in [-0.15, -0.1) is 0 Å². The van der Waals surface area contributed by atoms with Gasteiger partial charge in [0.2, 0.25) is 5.88 Å². The van der Waals surface area contributed by atoms with Gasteiger partial charge < -0.3 is 4.74 Å². The van der Waals surface area contributed by atoms with E-state index in [4.69, 9.17) is 11.6 Å². The van der Waals surface area contributed by atoms with Crippen molar-refractivity contribution in [2.45, 2.75) is 20.1 Å². The highest BCUT2D eigenvalue weighted by Crippen LogP contribution is 2.24. The third kappa shape index (κ3) is 1.85. The zero-order chi connectivity index (χ0) is 9.14. The average molecular weight is 196 g/mol. The largest absolute Gasteiger partial charge is 0.416 e. The summed E-state index contributed by atoms with van der Waals surface area (Å²) < 4.78 is 28.8. The summed E-state index contributed by atoms with van der Waals surface area (Å²) in [6.07, 6.45) is 2.31. The monoisotopic (exact) mass is 195 g/mol. The van der Waals surface area contributed by atoms with Crippen LogP contribution in [0.2, 0.25) is 5.02 Å². The van der Waals surface area contributed by atoms with Crippen LogP contribution in [0.3, 0.4) is 0 Å². The van der Waals surface area contributed by atoms with E-state index in [1.807, 2.05) is 0 Å². The van der Waals surface area contributed by atoms with Crippen molar-refractivity contribution in [1.82, 2.24) is 9.78 Å². The molecule has 0 aliphatic rings.